The molecule has 170 valence electrons. The first-order valence-corrected chi connectivity index (χ1v) is 11.3. The van der Waals surface area contributed by atoms with E-state index in [0.29, 0.717) is 11.3 Å². The van der Waals surface area contributed by atoms with Crippen LogP contribution in [0.1, 0.15) is 25.0 Å². The van der Waals surface area contributed by atoms with Gasteiger partial charge in [-0.25, -0.2) is 0 Å². The number of aryl methyl sites for hydroxylation is 1. The molecule has 0 aliphatic carbocycles. The highest BCUT2D eigenvalue weighted by Crippen LogP contribution is 2.50. The number of ether oxygens (including phenoxy) is 1. The molecule has 0 amide bonds. The summed E-state index contributed by atoms with van der Waals surface area (Å²) >= 11 is 0. The number of pyridine rings is 1. The first-order valence-electron chi connectivity index (χ1n) is 11.3. The van der Waals surface area contributed by atoms with E-state index in [0.717, 1.165) is 54.9 Å². The van der Waals surface area contributed by atoms with E-state index in [4.69, 9.17) is 9.72 Å². The number of aromatic nitrogens is 1. The van der Waals surface area contributed by atoms with Crippen LogP contribution < -0.4 is 4.74 Å². The quantitative estimate of drug-likeness (QED) is 0.243. The average molecular weight is 457 g/mol. The molecular weight excluding hydrogens is 435 g/mol. The lowest BCUT2D eigenvalue weighted by molar-refractivity contribution is -0.211. The van der Waals surface area contributed by atoms with Crippen LogP contribution >= 0.6 is 0 Å². The SMILES string of the molecule is Cc1c2c(cc3ccccc13)-c1nccc3c1c(cc1cc(CC(C)(C)C(F)(F)F)ccc13)O2. The van der Waals surface area contributed by atoms with Crippen LogP contribution in [0.25, 0.3) is 43.6 Å². The number of nitrogens with zero attached hydrogens (tertiary/aromatic N) is 1. The Balaban J connectivity index is 1.58. The van der Waals surface area contributed by atoms with Crippen molar-refractivity contribution in [2.75, 3.05) is 0 Å². The average Bonchev–Trinajstić information content (AvgIpc) is 2.79. The van der Waals surface area contributed by atoms with E-state index in [1.54, 1.807) is 12.3 Å². The second-order valence-electron chi connectivity index (χ2n) is 9.77. The van der Waals surface area contributed by atoms with Gasteiger partial charge in [0, 0.05) is 17.3 Å². The first kappa shape index (κ1) is 21.0. The third-order valence-electron chi connectivity index (χ3n) is 7.02. The molecule has 5 aromatic rings. The summed E-state index contributed by atoms with van der Waals surface area (Å²) in [7, 11) is 0. The minimum absolute atomic E-state index is 0.0871. The summed E-state index contributed by atoms with van der Waals surface area (Å²) in [5.74, 6) is 1.46. The summed E-state index contributed by atoms with van der Waals surface area (Å²) in [4.78, 5) is 4.72. The lowest BCUT2D eigenvalue weighted by atomic mass is 9.84. The maximum Gasteiger partial charge on any atom is 0.394 e. The Bertz CT molecular complexity index is 1630. The molecule has 0 unspecified atom stereocenters. The Hall–Kier alpha value is -3.60. The summed E-state index contributed by atoms with van der Waals surface area (Å²) in [6, 6.07) is 19.8. The Morgan fingerprint density at radius 3 is 2.44 bits per heavy atom. The molecule has 2 heterocycles. The molecule has 1 aliphatic heterocycles. The lowest BCUT2D eigenvalue weighted by Crippen LogP contribution is -2.34. The fraction of sp³-hybridized carbons (Fsp3) is 0.207. The van der Waals surface area contributed by atoms with Crippen molar-refractivity contribution < 1.29 is 17.9 Å². The number of fused-ring (bicyclic) bond motifs is 5. The van der Waals surface area contributed by atoms with Crippen molar-refractivity contribution >= 4 is 32.3 Å². The Labute approximate surface area is 195 Å². The van der Waals surface area contributed by atoms with Gasteiger partial charge in [-0.15, -0.1) is 0 Å². The molecule has 0 saturated carbocycles. The summed E-state index contributed by atoms with van der Waals surface area (Å²) in [6.07, 6.45) is -2.57. The predicted octanol–water partition coefficient (Wildman–Crippen LogP) is 8.75. The van der Waals surface area contributed by atoms with E-state index < -0.39 is 11.6 Å². The van der Waals surface area contributed by atoms with E-state index in [1.165, 1.54) is 13.8 Å². The number of hydrogen-bond donors (Lipinski definition) is 0. The molecule has 34 heavy (non-hydrogen) atoms. The topological polar surface area (TPSA) is 22.1 Å². The van der Waals surface area contributed by atoms with E-state index in [1.807, 2.05) is 43.3 Å². The van der Waals surface area contributed by atoms with Crippen molar-refractivity contribution in [2.45, 2.75) is 33.4 Å². The predicted molar refractivity (Wildman–Crippen MR) is 131 cm³/mol. The number of benzene rings is 4. The maximum absolute atomic E-state index is 13.5. The Morgan fingerprint density at radius 1 is 0.853 bits per heavy atom. The largest absolute Gasteiger partial charge is 0.456 e. The monoisotopic (exact) mass is 457 g/mol. The molecule has 2 nitrogen and oxygen atoms in total. The number of halogens is 3. The molecule has 1 aliphatic rings. The summed E-state index contributed by atoms with van der Waals surface area (Å²) in [6.45, 7) is 4.53. The number of alkyl halides is 3. The smallest absolute Gasteiger partial charge is 0.394 e. The van der Waals surface area contributed by atoms with Gasteiger partial charge in [-0.3, -0.25) is 4.98 Å². The second kappa shape index (κ2) is 6.95. The zero-order chi connectivity index (χ0) is 23.8. The summed E-state index contributed by atoms with van der Waals surface area (Å²) < 4.78 is 46.9. The van der Waals surface area contributed by atoms with Gasteiger partial charge in [-0.1, -0.05) is 56.3 Å². The molecule has 5 heteroatoms. The van der Waals surface area contributed by atoms with Crippen molar-refractivity contribution in [3.63, 3.8) is 0 Å². The van der Waals surface area contributed by atoms with Gasteiger partial charge in [0.05, 0.1) is 16.5 Å². The van der Waals surface area contributed by atoms with Gasteiger partial charge in [0.15, 0.2) is 0 Å². The van der Waals surface area contributed by atoms with E-state index in [9.17, 15) is 13.2 Å². The van der Waals surface area contributed by atoms with Gasteiger partial charge in [0.2, 0.25) is 0 Å². The molecule has 0 atom stereocenters. The highest BCUT2D eigenvalue weighted by Gasteiger charge is 2.47. The van der Waals surface area contributed by atoms with Crippen LogP contribution in [0.5, 0.6) is 11.5 Å². The fourth-order valence-electron chi connectivity index (χ4n) is 5.06. The van der Waals surface area contributed by atoms with Crippen LogP contribution in [0, 0.1) is 12.3 Å². The van der Waals surface area contributed by atoms with Crippen molar-refractivity contribution in [3.8, 4) is 22.8 Å². The van der Waals surface area contributed by atoms with E-state index in [2.05, 4.69) is 18.2 Å². The molecule has 1 aromatic heterocycles. The van der Waals surface area contributed by atoms with Crippen LogP contribution in [-0.2, 0) is 6.42 Å². The van der Waals surface area contributed by atoms with Crippen LogP contribution in [-0.4, -0.2) is 11.2 Å². The van der Waals surface area contributed by atoms with Crippen LogP contribution in [0.15, 0.2) is 66.9 Å². The lowest BCUT2D eigenvalue weighted by Gasteiger charge is -2.28. The fourth-order valence-corrected chi connectivity index (χ4v) is 5.06. The van der Waals surface area contributed by atoms with Crippen LogP contribution in [0.2, 0.25) is 0 Å². The molecule has 0 radical (unpaired) electrons. The third kappa shape index (κ3) is 2.99. The highest BCUT2D eigenvalue weighted by atomic mass is 19.4. The molecule has 0 fully saturated rings. The summed E-state index contributed by atoms with van der Waals surface area (Å²) in [5.41, 5.74) is 1.70. The molecule has 6 rings (SSSR count). The van der Waals surface area contributed by atoms with Gasteiger partial charge in [-0.2, -0.15) is 13.2 Å². The summed E-state index contributed by atoms with van der Waals surface area (Å²) in [5, 5.41) is 5.99. The van der Waals surface area contributed by atoms with Gasteiger partial charge < -0.3 is 4.74 Å². The molecular formula is C29H22F3NO. The minimum Gasteiger partial charge on any atom is -0.456 e. The van der Waals surface area contributed by atoms with Gasteiger partial charge in [0.1, 0.15) is 11.5 Å². The van der Waals surface area contributed by atoms with Gasteiger partial charge in [0.25, 0.3) is 0 Å². The Morgan fingerprint density at radius 2 is 1.65 bits per heavy atom. The first-order chi connectivity index (χ1) is 16.1. The molecule has 4 aromatic carbocycles. The highest BCUT2D eigenvalue weighted by molar-refractivity contribution is 6.16. The van der Waals surface area contributed by atoms with Gasteiger partial charge >= 0.3 is 6.18 Å². The van der Waals surface area contributed by atoms with Crippen molar-refractivity contribution in [3.05, 3.63) is 78.0 Å². The van der Waals surface area contributed by atoms with Crippen molar-refractivity contribution in [1.29, 1.82) is 0 Å². The second-order valence-corrected chi connectivity index (χ2v) is 9.77. The van der Waals surface area contributed by atoms with Crippen LogP contribution in [0.4, 0.5) is 13.2 Å². The van der Waals surface area contributed by atoms with E-state index in [-0.39, 0.29) is 6.42 Å². The standard InChI is InChI=1S/C29H22F3NO/c1-16-20-7-5-4-6-18(20)13-23-26-25-22(10-11-33-26)21-9-8-17(15-28(2,3)29(30,31)32)12-19(21)14-24(25)34-27(16)23/h4-14H,15H2,1-3H3. The molecule has 0 N–H and O–H groups in total. The third-order valence-corrected chi connectivity index (χ3v) is 7.02. The van der Waals surface area contributed by atoms with Crippen LogP contribution in [0.3, 0.4) is 0 Å². The Kier molecular flexibility index (Phi) is 4.29. The van der Waals surface area contributed by atoms with Gasteiger partial charge in [-0.05, 0) is 64.0 Å². The van der Waals surface area contributed by atoms with E-state index >= 15 is 0 Å². The number of hydrogen-bond acceptors (Lipinski definition) is 2. The van der Waals surface area contributed by atoms with Crippen molar-refractivity contribution in [2.24, 2.45) is 5.41 Å². The normalized spacial score (nSPS) is 13.4. The zero-order valence-electron chi connectivity index (χ0n) is 19.0. The maximum atomic E-state index is 13.5. The molecule has 0 saturated heterocycles. The molecule has 0 spiro atoms. The zero-order valence-corrected chi connectivity index (χ0v) is 19.0. The number of rotatable bonds is 2. The van der Waals surface area contributed by atoms with Crippen molar-refractivity contribution in [1.82, 2.24) is 4.98 Å². The molecule has 0 bridgehead atoms. The minimum atomic E-state index is -4.27.